The summed E-state index contributed by atoms with van der Waals surface area (Å²) in [5, 5.41) is 10.7. The van der Waals surface area contributed by atoms with E-state index in [2.05, 4.69) is 42.2 Å². The third-order valence-electron chi connectivity index (χ3n) is 8.61. The maximum atomic E-state index is 13.5. The van der Waals surface area contributed by atoms with E-state index in [1.165, 1.54) is 29.9 Å². The quantitative estimate of drug-likeness (QED) is 0.181. The molecule has 238 valence electrons. The number of rotatable bonds is 2. The molecule has 5 aromatic rings. The molecule has 0 aromatic carbocycles. The van der Waals surface area contributed by atoms with Gasteiger partial charge in [-0.15, -0.1) is 0 Å². The molecular formula is C24H28N10O8P2S. The molecule has 0 amide bonds. The molecule has 5 aromatic heterocycles. The molecule has 2 saturated heterocycles. The second-order valence-corrected chi connectivity index (χ2v) is 16.2. The topological polar surface area (TPSA) is 218 Å². The number of aromatic nitrogens is 9. The molecule has 3 fully saturated rings. The molecule has 18 nitrogen and oxygen atoms in total. The largest absolute Gasteiger partial charge is 0.493 e. The van der Waals surface area contributed by atoms with Crippen molar-refractivity contribution in [1.82, 2.24) is 43.4 Å². The molecule has 3 N–H and O–H groups in total. The van der Waals surface area contributed by atoms with Crippen LogP contribution in [0.1, 0.15) is 25.1 Å². The van der Waals surface area contributed by atoms with Crippen LogP contribution in [-0.2, 0) is 32.0 Å². The number of thiol groups is 1. The third-order valence-corrected chi connectivity index (χ3v) is 11.5. The zero-order valence-corrected chi connectivity index (χ0v) is 26.3. The molecular weight excluding hydrogens is 650 g/mol. The van der Waals surface area contributed by atoms with Gasteiger partial charge in [0, 0.05) is 37.4 Å². The van der Waals surface area contributed by atoms with Gasteiger partial charge in [-0.1, -0.05) is 12.2 Å². The van der Waals surface area contributed by atoms with Gasteiger partial charge in [-0.3, -0.25) is 18.1 Å². The summed E-state index contributed by atoms with van der Waals surface area (Å²) in [6, 6.07) is -0.204. The first-order chi connectivity index (χ1) is 21.6. The number of hydrogen-bond donors (Lipinski definition) is 3. The van der Waals surface area contributed by atoms with Crippen LogP contribution < -0.4 is 5.73 Å². The molecule has 8 rings (SSSR count). The summed E-state index contributed by atoms with van der Waals surface area (Å²) in [7, 11) is -3.59. The van der Waals surface area contributed by atoms with Gasteiger partial charge in [0.1, 0.15) is 30.3 Å². The number of ether oxygens (including phenoxy) is 1. The van der Waals surface area contributed by atoms with Crippen molar-refractivity contribution in [1.29, 1.82) is 0 Å². The Morgan fingerprint density at radius 3 is 2.62 bits per heavy atom. The normalized spacial score (nSPS) is 34.5. The minimum absolute atomic E-state index is 0.0417. The fourth-order valence-electron chi connectivity index (χ4n) is 6.23. The predicted octanol–water partition coefficient (Wildman–Crippen LogP) is 2.98. The lowest BCUT2D eigenvalue weighted by Crippen LogP contribution is -2.43. The van der Waals surface area contributed by atoms with Gasteiger partial charge in [-0.05, 0) is 12.3 Å². The standard InChI is InChI=1S/C24H28N10O8P2S/c1-43(36)38-7-13-12(4-14(13)33-10-30-19-22(33)31-24-26-2-3-32(24)23(19)35)6-40-44(37,45)42-15-5-17(41-16(15)8-39-43)34-11-29-18-20(25)27-9-28-21(18)34/h2-3,9-17,35H,4-8H2,1H3,(H,37,45)(H2,25,27,28)/t12-,13-,14-,15+,16-,17-,43-,44+/m1/s1. The molecule has 1 saturated carbocycles. The fourth-order valence-corrected chi connectivity index (χ4v) is 8.73. The highest BCUT2D eigenvalue weighted by atomic mass is 32.7. The number of fused-ring (bicyclic) bond motifs is 5. The highest BCUT2D eigenvalue weighted by Crippen LogP contribution is 2.59. The number of nitrogen functional groups attached to an aromatic ring is 1. The Morgan fingerprint density at radius 1 is 0.956 bits per heavy atom. The summed E-state index contributed by atoms with van der Waals surface area (Å²) in [5.74, 6) is 0.0493. The molecule has 2 aliphatic heterocycles. The van der Waals surface area contributed by atoms with Crippen LogP contribution >= 0.6 is 26.6 Å². The summed E-state index contributed by atoms with van der Waals surface area (Å²) in [5.41, 5.74) is 7.55. The molecule has 0 spiro atoms. The minimum atomic E-state index is -3.89. The molecule has 21 heteroatoms. The molecule has 3 aliphatic rings. The van der Waals surface area contributed by atoms with Crippen molar-refractivity contribution in [3.05, 3.63) is 31.4 Å². The number of imidazole rings is 3. The first-order valence-corrected chi connectivity index (χ1v) is 18.7. The lowest BCUT2D eigenvalue weighted by molar-refractivity contribution is -0.0373. The molecule has 45 heavy (non-hydrogen) atoms. The monoisotopic (exact) mass is 678 g/mol. The zero-order chi connectivity index (χ0) is 31.1. The Kier molecular flexibility index (Phi) is 6.96. The zero-order valence-electron chi connectivity index (χ0n) is 23.6. The van der Waals surface area contributed by atoms with Crippen molar-refractivity contribution in [2.45, 2.75) is 37.3 Å². The average Bonchev–Trinajstić information content (AvgIpc) is 3.77. The molecule has 7 heterocycles. The van der Waals surface area contributed by atoms with Crippen LogP contribution in [0.4, 0.5) is 5.82 Å². The van der Waals surface area contributed by atoms with Crippen molar-refractivity contribution in [3.63, 3.8) is 0 Å². The van der Waals surface area contributed by atoms with Crippen LogP contribution in [0.25, 0.3) is 28.1 Å². The molecule has 1 aliphatic carbocycles. The van der Waals surface area contributed by atoms with E-state index < -0.39 is 32.8 Å². The number of nitrogens with two attached hydrogens (primary N) is 1. The van der Waals surface area contributed by atoms with Crippen molar-refractivity contribution in [2.75, 3.05) is 32.2 Å². The average molecular weight is 679 g/mol. The number of aromatic hydroxyl groups is 1. The van der Waals surface area contributed by atoms with E-state index in [0.717, 1.165) is 0 Å². The van der Waals surface area contributed by atoms with Crippen molar-refractivity contribution >= 4 is 60.6 Å². The Morgan fingerprint density at radius 2 is 1.76 bits per heavy atom. The molecule has 0 bridgehead atoms. The second kappa shape index (κ2) is 10.7. The molecule has 0 unspecified atom stereocenters. The number of nitrogens with zero attached hydrogens (tertiary/aromatic N) is 9. The fraction of sp³-hybridized carbons (Fsp3) is 0.500. The van der Waals surface area contributed by atoms with E-state index in [-0.39, 0.29) is 55.8 Å². The van der Waals surface area contributed by atoms with Crippen molar-refractivity contribution in [3.8, 4) is 5.88 Å². The summed E-state index contributed by atoms with van der Waals surface area (Å²) in [4.78, 5) is 25.7. The summed E-state index contributed by atoms with van der Waals surface area (Å²) in [6.45, 7) is -2.59. The van der Waals surface area contributed by atoms with Crippen LogP contribution in [0.3, 0.4) is 0 Å². The van der Waals surface area contributed by atoms with Gasteiger partial charge >= 0.3 is 14.4 Å². The smallest absolute Gasteiger partial charge is 0.386 e. The summed E-state index contributed by atoms with van der Waals surface area (Å²) in [6.07, 6.45) is 6.12. The van der Waals surface area contributed by atoms with E-state index in [4.69, 9.17) is 28.6 Å². The lowest BCUT2D eigenvalue weighted by atomic mass is 9.70. The van der Waals surface area contributed by atoms with Crippen LogP contribution in [0.5, 0.6) is 5.88 Å². The van der Waals surface area contributed by atoms with Crippen molar-refractivity contribution in [2.24, 2.45) is 11.8 Å². The molecule has 8 atom stereocenters. The Bertz CT molecular complexity index is 2040. The van der Waals surface area contributed by atoms with Gasteiger partial charge in [-0.25, -0.2) is 29.5 Å². The highest BCUT2D eigenvalue weighted by molar-refractivity contribution is 8.44. The highest BCUT2D eigenvalue weighted by Gasteiger charge is 2.47. The van der Waals surface area contributed by atoms with Gasteiger partial charge in [0.15, 0.2) is 22.6 Å². The number of anilines is 1. The van der Waals surface area contributed by atoms with E-state index in [9.17, 15) is 14.2 Å². The van der Waals surface area contributed by atoms with Gasteiger partial charge in [0.2, 0.25) is 11.7 Å². The van der Waals surface area contributed by atoms with E-state index >= 15 is 0 Å². The Balaban J connectivity index is 1.04. The van der Waals surface area contributed by atoms with Gasteiger partial charge in [0.25, 0.3) is 0 Å². The number of hydrogen-bond acceptors (Lipinski definition) is 15. The van der Waals surface area contributed by atoms with Gasteiger partial charge in [0.05, 0.1) is 32.5 Å². The van der Waals surface area contributed by atoms with Crippen molar-refractivity contribution < 1.29 is 37.1 Å². The summed E-state index contributed by atoms with van der Waals surface area (Å²) < 4.78 is 61.5. The first-order valence-electron chi connectivity index (χ1n) is 14.1. The van der Waals surface area contributed by atoms with Crippen LogP contribution in [-0.4, -0.2) is 87.2 Å². The first kappa shape index (κ1) is 29.3. The Labute approximate surface area is 259 Å². The second-order valence-electron chi connectivity index (χ2n) is 11.3. The van der Waals surface area contributed by atoms with E-state index in [1.54, 1.807) is 17.1 Å². The minimum Gasteiger partial charge on any atom is -0.493 e. The van der Waals surface area contributed by atoms with Gasteiger partial charge < -0.3 is 33.7 Å². The molecule has 0 radical (unpaired) electrons. The van der Waals surface area contributed by atoms with E-state index in [0.29, 0.717) is 34.5 Å². The van der Waals surface area contributed by atoms with Crippen LogP contribution in [0.15, 0.2) is 31.4 Å². The summed E-state index contributed by atoms with van der Waals surface area (Å²) >= 11 is 4.27. The maximum absolute atomic E-state index is 13.5. The van der Waals surface area contributed by atoms with Gasteiger partial charge in [-0.2, -0.15) is 4.98 Å². The third kappa shape index (κ3) is 5.11. The Hall–Kier alpha value is -3.15. The van der Waals surface area contributed by atoms with Crippen LogP contribution in [0.2, 0.25) is 0 Å². The van der Waals surface area contributed by atoms with E-state index in [1.807, 2.05) is 4.57 Å². The lowest BCUT2D eigenvalue weighted by Gasteiger charge is -2.45. The maximum Gasteiger partial charge on any atom is 0.386 e. The predicted molar refractivity (Wildman–Crippen MR) is 160 cm³/mol. The SMILES string of the molecule is C[P@@]1(=O)OC[C@@H]2[C@@H](CO[P@](=O)(S)O[C@H]3C[C@H](n4cnc5c(N)ncnc54)O[C@@H]3CO1)C[C@H]2n1cnc2c(O)n3ccnc3nc21. The van der Waals surface area contributed by atoms with Crippen LogP contribution in [0, 0.1) is 11.8 Å².